The van der Waals surface area contributed by atoms with Crippen molar-refractivity contribution in [3.8, 4) is 0 Å². The number of aromatic nitrogens is 5. The summed E-state index contributed by atoms with van der Waals surface area (Å²) in [4.78, 5) is 19.6. The number of hydrogen-bond donors (Lipinski definition) is 1. The minimum absolute atomic E-state index is 0.0188. The number of aromatic amines is 1. The van der Waals surface area contributed by atoms with Crippen LogP contribution in [-0.4, -0.2) is 42.3 Å². The maximum absolute atomic E-state index is 13.1. The Morgan fingerprint density at radius 1 is 1.24 bits per heavy atom. The zero-order valence-corrected chi connectivity index (χ0v) is 15.8. The Hall–Kier alpha value is -2.18. The van der Waals surface area contributed by atoms with Crippen LogP contribution in [0.3, 0.4) is 0 Å². The van der Waals surface area contributed by atoms with E-state index in [1.807, 2.05) is 22.7 Å². The average Bonchev–Trinajstić information content (AvgIpc) is 3.21. The molecule has 0 aromatic carbocycles. The number of amides is 1. The lowest BCUT2D eigenvalue weighted by Gasteiger charge is -2.33. The van der Waals surface area contributed by atoms with Gasteiger partial charge < -0.3 is 4.90 Å². The summed E-state index contributed by atoms with van der Waals surface area (Å²) in [5.41, 5.74) is 1.58. The van der Waals surface area contributed by atoms with Crippen molar-refractivity contribution in [1.82, 2.24) is 29.9 Å². The van der Waals surface area contributed by atoms with Crippen molar-refractivity contribution in [3.63, 3.8) is 0 Å². The van der Waals surface area contributed by atoms with Gasteiger partial charge in [-0.2, -0.15) is 10.2 Å². The van der Waals surface area contributed by atoms with Crippen molar-refractivity contribution in [2.45, 2.75) is 64.8 Å². The Labute approximate surface area is 148 Å². The van der Waals surface area contributed by atoms with Gasteiger partial charge in [0.2, 0.25) is 0 Å². The summed E-state index contributed by atoms with van der Waals surface area (Å²) in [6.07, 6.45) is 3.01. The van der Waals surface area contributed by atoms with E-state index >= 15 is 0 Å². The summed E-state index contributed by atoms with van der Waals surface area (Å²) < 4.78 is 1.81. The zero-order chi connectivity index (χ0) is 18.1. The Bertz CT molecular complexity index is 745. The molecule has 1 aliphatic heterocycles. The first kappa shape index (κ1) is 17.6. The van der Waals surface area contributed by atoms with Gasteiger partial charge in [-0.3, -0.25) is 14.6 Å². The van der Waals surface area contributed by atoms with Crippen molar-refractivity contribution >= 4 is 5.91 Å². The number of nitrogens with zero attached hydrogens (tertiary/aromatic N) is 5. The topological polar surface area (TPSA) is 79.7 Å². The first-order chi connectivity index (χ1) is 11.9. The SMILES string of the molecule is CC(C)c1n[nH]c([C@@H]2CCCCN2C(=O)c2cc(C(C)C)n(C)n2)n1. The summed E-state index contributed by atoms with van der Waals surface area (Å²) in [5.74, 6) is 2.17. The van der Waals surface area contributed by atoms with Gasteiger partial charge in [-0.15, -0.1) is 0 Å². The quantitative estimate of drug-likeness (QED) is 0.924. The van der Waals surface area contributed by atoms with Crippen LogP contribution in [0.15, 0.2) is 6.07 Å². The minimum atomic E-state index is -0.0502. The number of rotatable bonds is 4. The largest absolute Gasteiger partial charge is 0.327 e. The van der Waals surface area contributed by atoms with E-state index in [4.69, 9.17) is 0 Å². The van der Waals surface area contributed by atoms with Crippen LogP contribution in [0.25, 0.3) is 0 Å². The molecule has 25 heavy (non-hydrogen) atoms. The summed E-state index contributed by atoms with van der Waals surface area (Å²) in [6.45, 7) is 9.08. The molecular formula is C18H28N6O. The van der Waals surface area contributed by atoms with E-state index in [1.54, 1.807) is 0 Å². The number of hydrogen-bond acceptors (Lipinski definition) is 4. The molecule has 0 radical (unpaired) electrons. The van der Waals surface area contributed by atoms with Gasteiger partial charge >= 0.3 is 0 Å². The van der Waals surface area contributed by atoms with Crippen LogP contribution < -0.4 is 0 Å². The van der Waals surface area contributed by atoms with Gasteiger partial charge in [-0.1, -0.05) is 27.7 Å². The molecule has 1 N–H and O–H groups in total. The van der Waals surface area contributed by atoms with Gasteiger partial charge in [0.15, 0.2) is 11.5 Å². The highest BCUT2D eigenvalue weighted by Gasteiger charge is 2.32. The molecule has 0 aliphatic carbocycles. The lowest BCUT2D eigenvalue weighted by molar-refractivity contribution is 0.0593. The molecule has 1 atom stereocenters. The molecule has 0 spiro atoms. The Morgan fingerprint density at radius 2 is 2.00 bits per heavy atom. The second kappa shape index (κ2) is 6.98. The molecule has 0 bridgehead atoms. The average molecular weight is 344 g/mol. The van der Waals surface area contributed by atoms with Gasteiger partial charge in [0.1, 0.15) is 5.82 Å². The smallest absolute Gasteiger partial charge is 0.274 e. The summed E-state index contributed by atoms with van der Waals surface area (Å²) in [6, 6.07) is 1.87. The number of likely N-dealkylation sites (tertiary alicyclic amines) is 1. The molecule has 3 rings (SSSR count). The molecule has 1 aliphatic rings. The molecule has 2 aromatic heterocycles. The van der Waals surface area contributed by atoms with Gasteiger partial charge in [0, 0.05) is 25.2 Å². The van der Waals surface area contributed by atoms with Gasteiger partial charge in [-0.05, 0) is 31.2 Å². The van der Waals surface area contributed by atoms with E-state index in [1.165, 1.54) is 0 Å². The van der Waals surface area contributed by atoms with Gasteiger partial charge in [0.25, 0.3) is 5.91 Å². The summed E-state index contributed by atoms with van der Waals surface area (Å²) >= 11 is 0. The second-order valence-electron chi connectivity index (χ2n) is 7.48. The fourth-order valence-electron chi connectivity index (χ4n) is 3.43. The molecule has 1 amide bonds. The van der Waals surface area contributed by atoms with Crippen molar-refractivity contribution in [2.24, 2.45) is 7.05 Å². The molecule has 3 heterocycles. The van der Waals surface area contributed by atoms with Crippen LogP contribution >= 0.6 is 0 Å². The maximum atomic E-state index is 13.1. The van der Waals surface area contributed by atoms with E-state index in [-0.39, 0.29) is 17.9 Å². The zero-order valence-electron chi connectivity index (χ0n) is 15.8. The lowest BCUT2D eigenvalue weighted by Crippen LogP contribution is -2.39. The molecule has 2 aromatic rings. The maximum Gasteiger partial charge on any atom is 0.274 e. The number of nitrogens with one attached hydrogen (secondary N) is 1. The number of H-pyrrole nitrogens is 1. The highest BCUT2D eigenvalue weighted by atomic mass is 16.2. The monoisotopic (exact) mass is 344 g/mol. The van der Waals surface area contributed by atoms with Gasteiger partial charge in [-0.25, -0.2) is 4.98 Å². The van der Waals surface area contributed by atoms with Crippen molar-refractivity contribution < 1.29 is 4.79 Å². The van der Waals surface area contributed by atoms with Crippen LogP contribution in [0.2, 0.25) is 0 Å². The third-order valence-electron chi connectivity index (χ3n) is 4.84. The number of aryl methyl sites for hydroxylation is 1. The normalized spacial score (nSPS) is 18.4. The van der Waals surface area contributed by atoms with E-state index in [2.05, 4.69) is 48.0 Å². The third kappa shape index (κ3) is 3.45. The lowest BCUT2D eigenvalue weighted by atomic mass is 10.0. The van der Waals surface area contributed by atoms with E-state index < -0.39 is 0 Å². The van der Waals surface area contributed by atoms with Crippen molar-refractivity contribution in [1.29, 1.82) is 0 Å². The molecule has 0 unspecified atom stereocenters. The fraction of sp³-hybridized carbons (Fsp3) is 0.667. The van der Waals surface area contributed by atoms with Crippen molar-refractivity contribution in [3.05, 3.63) is 29.1 Å². The molecule has 7 heteroatoms. The summed E-state index contributed by atoms with van der Waals surface area (Å²) in [5, 5.41) is 11.8. The van der Waals surface area contributed by atoms with E-state index in [0.29, 0.717) is 11.6 Å². The molecule has 7 nitrogen and oxygen atoms in total. The van der Waals surface area contributed by atoms with Crippen LogP contribution in [0.5, 0.6) is 0 Å². The van der Waals surface area contributed by atoms with E-state index in [9.17, 15) is 4.79 Å². The van der Waals surface area contributed by atoms with Crippen molar-refractivity contribution in [2.75, 3.05) is 6.54 Å². The first-order valence-electron chi connectivity index (χ1n) is 9.15. The summed E-state index contributed by atoms with van der Waals surface area (Å²) in [7, 11) is 1.89. The van der Waals surface area contributed by atoms with Gasteiger partial charge in [0.05, 0.1) is 6.04 Å². The second-order valence-corrected chi connectivity index (χ2v) is 7.48. The molecular weight excluding hydrogens is 316 g/mol. The van der Waals surface area contributed by atoms with Crippen LogP contribution in [0.4, 0.5) is 0 Å². The number of carbonyl (C=O) groups is 1. The van der Waals surface area contributed by atoms with Crippen LogP contribution in [-0.2, 0) is 7.05 Å². The van der Waals surface area contributed by atoms with Crippen LogP contribution in [0, 0.1) is 0 Å². The molecule has 1 fully saturated rings. The number of piperidine rings is 1. The highest BCUT2D eigenvalue weighted by Crippen LogP contribution is 2.31. The van der Waals surface area contributed by atoms with E-state index in [0.717, 1.165) is 43.1 Å². The predicted molar refractivity (Wildman–Crippen MR) is 95.4 cm³/mol. The van der Waals surface area contributed by atoms with Crippen LogP contribution in [0.1, 0.15) is 92.7 Å². The third-order valence-corrected chi connectivity index (χ3v) is 4.84. The number of carbonyl (C=O) groups excluding carboxylic acids is 1. The fourth-order valence-corrected chi connectivity index (χ4v) is 3.43. The Balaban J connectivity index is 1.87. The standard InChI is InChI=1S/C18H28N6O/c1-11(2)15-10-13(22-23(15)5)18(25)24-9-7-6-8-14(24)17-19-16(12(3)4)20-21-17/h10-12,14H,6-9H2,1-5H3,(H,19,20,21)/t14-/m0/s1. The minimum Gasteiger partial charge on any atom is -0.327 e. The Morgan fingerprint density at radius 3 is 2.60 bits per heavy atom. The molecule has 136 valence electrons. The molecule has 0 saturated carbocycles. The Kier molecular flexibility index (Phi) is 4.92. The first-order valence-corrected chi connectivity index (χ1v) is 9.15. The predicted octanol–water partition coefficient (Wildman–Crippen LogP) is 3.15. The highest BCUT2D eigenvalue weighted by molar-refractivity contribution is 5.92. The molecule has 1 saturated heterocycles.